The normalized spacial score (nSPS) is 12.8. The second-order valence-electron chi connectivity index (χ2n) is 8.95. The molecule has 0 saturated heterocycles. The van der Waals surface area contributed by atoms with E-state index in [1.54, 1.807) is 0 Å². The van der Waals surface area contributed by atoms with Gasteiger partial charge in [-0.2, -0.15) is 0 Å². The highest BCUT2D eigenvalue weighted by Gasteiger charge is 2.42. The molecule has 15 heteroatoms. The summed E-state index contributed by atoms with van der Waals surface area (Å²) < 4.78 is 10.0. The van der Waals surface area contributed by atoms with E-state index in [1.807, 2.05) is 0 Å². The minimum atomic E-state index is -1.41. The van der Waals surface area contributed by atoms with Crippen LogP contribution < -0.4 is 10.6 Å². The van der Waals surface area contributed by atoms with Gasteiger partial charge in [0.15, 0.2) is 13.2 Å². The SMILES string of the molecule is C[C@H](C(=O)OCC(=O)Nc1cc(Cl)ccc1Cl)N1C(=O)c2ccc(C(=O)OCC(=O)Nc3cc(Cl)ccc3Cl)cc2C1=O. The van der Waals surface area contributed by atoms with Crippen LogP contribution in [0.2, 0.25) is 20.1 Å². The van der Waals surface area contributed by atoms with E-state index in [4.69, 9.17) is 55.9 Å². The lowest BCUT2D eigenvalue weighted by atomic mass is 10.1. The van der Waals surface area contributed by atoms with E-state index in [2.05, 4.69) is 10.6 Å². The van der Waals surface area contributed by atoms with Crippen LogP contribution in [0, 0.1) is 0 Å². The van der Waals surface area contributed by atoms with E-state index in [-0.39, 0.29) is 38.1 Å². The number of nitrogens with zero attached hydrogens (tertiary/aromatic N) is 1. The molecule has 4 amide bonds. The number of anilines is 2. The molecule has 4 rings (SSSR count). The van der Waals surface area contributed by atoms with Gasteiger partial charge in [0, 0.05) is 10.0 Å². The van der Waals surface area contributed by atoms with Crippen LogP contribution in [-0.2, 0) is 23.9 Å². The standard InChI is InChI=1S/C28H19Cl4N3O8/c1-13(27(40)42-11-23(36)33-21-9-15(29)3-6-19(21)31)35-25(38)17-5-2-14(8-18(17)26(35)39)28(41)43-12-24(37)34-22-10-16(30)4-7-20(22)32/h2-10,13H,11-12H2,1H3,(H,33,36)(H,34,37)/t13-/m1/s1. The largest absolute Gasteiger partial charge is 0.454 e. The van der Waals surface area contributed by atoms with E-state index in [0.717, 1.165) is 6.07 Å². The molecule has 1 atom stereocenters. The molecule has 222 valence electrons. The van der Waals surface area contributed by atoms with Crippen LogP contribution in [0.3, 0.4) is 0 Å². The first-order valence-electron chi connectivity index (χ1n) is 12.2. The van der Waals surface area contributed by atoms with Crippen molar-refractivity contribution in [2.45, 2.75) is 13.0 Å². The minimum absolute atomic E-state index is 0.0668. The maximum Gasteiger partial charge on any atom is 0.338 e. The van der Waals surface area contributed by atoms with Crippen molar-refractivity contribution < 1.29 is 38.2 Å². The maximum absolute atomic E-state index is 13.1. The third-order valence-electron chi connectivity index (χ3n) is 5.97. The lowest BCUT2D eigenvalue weighted by Gasteiger charge is -2.20. The summed E-state index contributed by atoms with van der Waals surface area (Å²) in [6, 6.07) is 11.0. The fourth-order valence-electron chi connectivity index (χ4n) is 3.87. The summed E-state index contributed by atoms with van der Waals surface area (Å²) in [4.78, 5) is 76.3. The number of rotatable bonds is 9. The van der Waals surface area contributed by atoms with Gasteiger partial charge in [0.25, 0.3) is 23.6 Å². The van der Waals surface area contributed by atoms with Crippen molar-refractivity contribution in [3.05, 3.63) is 91.4 Å². The monoisotopic (exact) mass is 665 g/mol. The van der Waals surface area contributed by atoms with E-state index >= 15 is 0 Å². The number of imide groups is 1. The van der Waals surface area contributed by atoms with Gasteiger partial charge in [0.05, 0.1) is 38.1 Å². The first kappa shape index (κ1) is 31.8. The van der Waals surface area contributed by atoms with Crippen LogP contribution in [-0.4, -0.2) is 59.7 Å². The molecule has 1 heterocycles. The Hall–Kier alpha value is -4.16. The number of hydrogen-bond donors (Lipinski definition) is 2. The first-order chi connectivity index (χ1) is 20.3. The molecule has 0 aromatic heterocycles. The molecule has 0 radical (unpaired) electrons. The number of hydrogen-bond acceptors (Lipinski definition) is 8. The maximum atomic E-state index is 13.1. The molecule has 11 nitrogen and oxygen atoms in total. The van der Waals surface area contributed by atoms with Gasteiger partial charge in [0.1, 0.15) is 6.04 Å². The lowest BCUT2D eigenvalue weighted by molar-refractivity contribution is -0.150. The number of ether oxygens (including phenoxy) is 2. The van der Waals surface area contributed by atoms with E-state index < -0.39 is 54.8 Å². The zero-order chi connectivity index (χ0) is 31.4. The Kier molecular flexibility index (Phi) is 9.92. The van der Waals surface area contributed by atoms with Crippen molar-refractivity contribution in [3.63, 3.8) is 0 Å². The fraction of sp³-hybridized carbons (Fsp3) is 0.143. The van der Waals surface area contributed by atoms with Gasteiger partial charge in [-0.1, -0.05) is 46.4 Å². The number of carbonyl (C=O) groups excluding carboxylic acids is 6. The third kappa shape index (κ3) is 7.44. The molecule has 0 spiro atoms. The van der Waals surface area contributed by atoms with Crippen LogP contribution in [0.1, 0.15) is 38.0 Å². The number of esters is 2. The molecule has 1 aliphatic heterocycles. The van der Waals surface area contributed by atoms with Crippen LogP contribution in [0.25, 0.3) is 0 Å². The van der Waals surface area contributed by atoms with Crippen molar-refractivity contribution in [2.75, 3.05) is 23.8 Å². The Morgan fingerprint density at radius 1 is 0.721 bits per heavy atom. The third-order valence-corrected chi connectivity index (χ3v) is 7.10. The summed E-state index contributed by atoms with van der Waals surface area (Å²) in [6.45, 7) is -0.171. The average Bonchev–Trinajstić information content (AvgIpc) is 3.22. The molecule has 3 aromatic rings. The van der Waals surface area contributed by atoms with Gasteiger partial charge in [-0.05, 0) is 61.5 Å². The molecule has 2 N–H and O–H groups in total. The summed E-state index contributed by atoms with van der Waals surface area (Å²) in [5.41, 5.74) is 0.0622. The fourth-order valence-corrected chi connectivity index (χ4v) is 4.55. The lowest BCUT2D eigenvalue weighted by Crippen LogP contribution is -2.44. The van der Waals surface area contributed by atoms with Gasteiger partial charge >= 0.3 is 11.9 Å². The molecule has 0 fully saturated rings. The van der Waals surface area contributed by atoms with E-state index in [9.17, 15) is 28.8 Å². The number of nitrogens with one attached hydrogen (secondary N) is 2. The van der Waals surface area contributed by atoms with Gasteiger partial charge in [-0.15, -0.1) is 0 Å². The molecule has 0 bridgehead atoms. The van der Waals surface area contributed by atoms with Crippen molar-refractivity contribution >= 4 is 93.3 Å². The number of carbonyl (C=O) groups is 6. The van der Waals surface area contributed by atoms with E-state index in [0.29, 0.717) is 14.9 Å². The molecule has 3 aromatic carbocycles. The molecule has 43 heavy (non-hydrogen) atoms. The topological polar surface area (TPSA) is 148 Å². The van der Waals surface area contributed by atoms with Crippen molar-refractivity contribution in [1.82, 2.24) is 4.90 Å². The van der Waals surface area contributed by atoms with Crippen LogP contribution in [0.15, 0.2) is 54.6 Å². The Labute approximate surface area is 263 Å². The summed E-state index contributed by atoms with van der Waals surface area (Å²) in [5.74, 6) is -5.10. The molecular formula is C28H19Cl4N3O8. The van der Waals surface area contributed by atoms with Gasteiger partial charge in [0.2, 0.25) is 0 Å². The van der Waals surface area contributed by atoms with Crippen LogP contribution in [0.4, 0.5) is 11.4 Å². The van der Waals surface area contributed by atoms with E-state index in [1.165, 1.54) is 55.5 Å². The molecule has 0 saturated carbocycles. The number of halogens is 4. The molecular weight excluding hydrogens is 648 g/mol. The highest BCUT2D eigenvalue weighted by atomic mass is 35.5. The quantitative estimate of drug-likeness (QED) is 0.232. The Morgan fingerprint density at radius 3 is 1.79 bits per heavy atom. The Balaban J connectivity index is 1.34. The Morgan fingerprint density at radius 2 is 1.23 bits per heavy atom. The zero-order valence-corrected chi connectivity index (χ0v) is 24.9. The summed E-state index contributed by atoms with van der Waals surface area (Å²) >= 11 is 23.8. The molecule has 0 unspecified atom stereocenters. The zero-order valence-electron chi connectivity index (χ0n) is 21.9. The molecule has 0 aliphatic carbocycles. The number of fused-ring (bicyclic) bond motifs is 1. The summed E-state index contributed by atoms with van der Waals surface area (Å²) in [7, 11) is 0. The van der Waals surface area contributed by atoms with Gasteiger partial charge in [-0.25, -0.2) is 9.59 Å². The average molecular weight is 667 g/mol. The van der Waals surface area contributed by atoms with Crippen LogP contribution >= 0.6 is 46.4 Å². The Bertz CT molecular complexity index is 1680. The highest BCUT2D eigenvalue weighted by Crippen LogP contribution is 2.28. The van der Waals surface area contributed by atoms with Gasteiger partial charge < -0.3 is 20.1 Å². The molecule has 1 aliphatic rings. The van der Waals surface area contributed by atoms with Crippen molar-refractivity contribution in [3.8, 4) is 0 Å². The number of amides is 4. The minimum Gasteiger partial charge on any atom is -0.454 e. The van der Waals surface area contributed by atoms with Crippen molar-refractivity contribution in [1.29, 1.82) is 0 Å². The summed E-state index contributed by atoms with van der Waals surface area (Å²) in [6.07, 6.45) is 0. The predicted molar refractivity (Wildman–Crippen MR) is 158 cm³/mol. The predicted octanol–water partition coefficient (Wildman–Crippen LogP) is 5.26. The van der Waals surface area contributed by atoms with Crippen LogP contribution in [0.5, 0.6) is 0 Å². The summed E-state index contributed by atoms with van der Waals surface area (Å²) in [5, 5.41) is 5.97. The number of benzene rings is 3. The second kappa shape index (κ2) is 13.4. The smallest absolute Gasteiger partial charge is 0.338 e. The van der Waals surface area contributed by atoms with Gasteiger partial charge in [-0.3, -0.25) is 24.1 Å². The van der Waals surface area contributed by atoms with Crippen molar-refractivity contribution in [2.24, 2.45) is 0 Å². The second-order valence-corrected chi connectivity index (χ2v) is 10.6. The first-order valence-corrected chi connectivity index (χ1v) is 13.7. The highest BCUT2D eigenvalue weighted by molar-refractivity contribution is 6.36.